The molecule has 6 nitrogen and oxygen atoms in total. The molecule has 0 N–H and O–H groups in total. The number of nitrogens with zero attached hydrogens (tertiary/aromatic N) is 2. The van der Waals surface area contributed by atoms with Crippen LogP contribution in [0.2, 0.25) is 0 Å². The van der Waals surface area contributed by atoms with Gasteiger partial charge < -0.3 is 4.74 Å². The Balaban J connectivity index is 1.63. The van der Waals surface area contributed by atoms with Crippen LogP contribution in [0.15, 0.2) is 77.3 Å². The van der Waals surface area contributed by atoms with E-state index in [0.717, 1.165) is 9.37 Å². The molecule has 2 fully saturated rings. The molecule has 3 aromatic rings. The molecule has 2 heterocycles. The molecule has 2 aliphatic rings. The number of amides is 2. The number of carbonyl (C=O) groups is 2. The van der Waals surface area contributed by atoms with E-state index < -0.39 is 35.7 Å². The van der Waals surface area contributed by atoms with Crippen LogP contribution in [-0.2, 0) is 14.4 Å². The number of hydrogen-bond acceptors (Lipinski definition) is 5. The molecule has 2 aliphatic heterocycles. The lowest BCUT2D eigenvalue weighted by molar-refractivity contribution is -0.126. The predicted molar refractivity (Wildman–Crippen MR) is 120 cm³/mol. The van der Waals surface area contributed by atoms with E-state index in [-0.39, 0.29) is 0 Å². The first-order valence-electron chi connectivity index (χ1n) is 9.97. The summed E-state index contributed by atoms with van der Waals surface area (Å²) >= 11 is 3.49. The Morgan fingerprint density at radius 2 is 1.66 bits per heavy atom. The highest BCUT2D eigenvalue weighted by Crippen LogP contribution is 2.49. The van der Waals surface area contributed by atoms with Gasteiger partial charge >= 0.3 is 0 Å². The fourth-order valence-corrected chi connectivity index (χ4v) is 4.69. The number of rotatable bonds is 4. The Hall–Kier alpha value is -3.23. The smallest absolute Gasteiger partial charge is 0.266 e. The predicted octanol–water partition coefficient (Wildman–Crippen LogP) is 4.65. The Morgan fingerprint density at radius 1 is 0.938 bits per heavy atom. The molecular formula is C24H18BrFN2O4. The summed E-state index contributed by atoms with van der Waals surface area (Å²) in [4.78, 5) is 34.0. The van der Waals surface area contributed by atoms with E-state index in [0.29, 0.717) is 22.7 Å². The average Bonchev–Trinajstić information content (AvgIpc) is 3.31. The Labute approximate surface area is 192 Å². The molecule has 3 atom stereocenters. The molecule has 0 radical (unpaired) electrons. The molecule has 8 heteroatoms. The molecule has 0 unspecified atom stereocenters. The number of benzene rings is 3. The molecule has 0 aromatic heterocycles. The zero-order chi connectivity index (χ0) is 22.4. The van der Waals surface area contributed by atoms with Crippen molar-refractivity contribution >= 4 is 39.1 Å². The van der Waals surface area contributed by atoms with Crippen LogP contribution in [0.4, 0.5) is 15.8 Å². The molecule has 162 valence electrons. The van der Waals surface area contributed by atoms with E-state index >= 15 is 0 Å². The van der Waals surface area contributed by atoms with Gasteiger partial charge in [0.15, 0.2) is 6.10 Å². The first kappa shape index (κ1) is 20.7. The summed E-state index contributed by atoms with van der Waals surface area (Å²) in [7, 11) is 1.55. The maximum absolute atomic E-state index is 13.6. The summed E-state index contributed by atoms with van der Waals surface area (Å²) in [6, 6.07) is 19.5. The van der Waals surface area contributed by atoms with Crippen LogP contribution in [0.1, 0.15) is 11.6 Å². The van der Waals surface area contributed by atoms with Crippen LogP contribution in [-0.4, -0.2) is 25.0 Å². The van der Waals surface area contributed by atoms with Gasteiger partial charge in [0.25, 0.3) is 5.91 Å². The van der Waals surface area contributed by atoms with Gasteiger partial charge in [-0.25, -0.2) is 14.4 Å². The number of anilines is 2. The lowest BCUT2D eigenvalue weighted by Gasteiger charge is -2.29. The summed E-state index contributed by atoms with van der Waals surface area (Å²) in [6.45, 7) is 0. The van der Waals surface area contributed by atoms with Crippen LogP contribution >= 0.6 is 15.9 Å². The van der Waals surface area contributed by atoms with Gasteiger partial charge in [-0.1, -0.05) is 34.1 Å². The van der Waals surface area contributed by atoms with E-state index in [4.69, 9.17) is 9.57 Å². The number of hydroxylamine groups is 1. The minimum atomic E-state index is -1.01. The van der Waals surface area contributed by atoms with Crippen molar-refractivity contribution in [3.8, 4) is 5.75 Å². The number of ether oxygens (including phenoxy) is 1. The maximum atomic E-state index is 13.6. The van der Waals surface area contributed by atoms with E-state index in [9.17, 15) is 14.0 Å². The molecule has 0 spiro atoms. The number of carbonyl (C=O) groups excluding carboxylic acids is 2. The summed E-state index contributed by atoms with van der Waals surface area (Å²) in [5, 5.41) is 1.61. The van der Waals surface area contributed by atoms with E-state index in [1.165, 1.54) is 24.3 Å². The molecular weight excluding hydrogens is 479 g/mol. The summed E-state index contributed by atoms with van der Waals surface area (Å²) in [5.74, 6) is -1.57. The largest absolute Gasteiger partial charge is 0.496 e. The van der Waals surface area contributed by atoms with Gasteiger partial charge in [-0.15, -0.1) is 0 Å². The third-order valence-corrected chi connectivity index (χ3v) is 6.21. The first-order valence-corrected chi connectivity index (χ1v) is 10.8. The summed E-state index contributed by atoms with van der Waals surface area (Å²) < 4.78 is 19.8. The second-order valence-corrected chi connectivity index (χ2v) is 8.45. The standard InChI is InChI=1S/C24H18BrFN2O4/c1-31-19-12-7-14(25)13-18(19)21-20-22(32-28(21)17-5-3-2-4-6-17)24(30)27(23(20)29)16-10-8-15(26)9-11-16/h2-13,20-22H,1H3/t20-,21-,22+/m1/s1. The number of para-hydroxylation sites is 1. The van der Waals surface area contributed by atoms with Crippen molar-refractivity contribution < 1.29 is 23.6 Å². The fraction of sp³-hybridized carbons (Fsp3) is 0.167. The van der Waals surface area contributed by atoms with Gasteiger partial charge in [-0.2, -0.15) is 0 Å². The third-order valence-electron chi connectivity index (χ3n) is 5.72. The maximum Gasteiger partial charge on any atom is 0.266 e. The van der Waals surface area contributed by atoms with Crippen LogP contribution in [0.3, 0.4) is 0 Å². The molecule has 5 rings (SSSR count). The number of halogens is 2. The van der Waals surface area contributed by atoms with Crippen molar-refractivity contribution in [2.75, 3.05) is 17.1 Å². The quantitative estimate of drug-likeness (QED) is 0.492. The zero-order valence-electron chi connectivity index (χ0n) is 16.9. The van der Waals surface area contributed by atoms with Crippen molar-refractivity contribution in [3.63, 3.8) is 0 Å². The highest BCUT2D eigenvalue weighted by molar-refractivity contribution is 9.10. The van der Waals surface area contributed by atoms with Gasteiger partial charge in [-0.3, -0.25) is 14.4 Å². The molecule has 2 saturated heterocycles. The van der Waals surface area contributed by atoms with Crippen molar-refractivity contribution in [1.29, 1.82) is 0 Å². The molecule has 2 amide bonds. The van der Waals surface area contributed by atoms with E-state index in [2.05, 4.69) is 15.9 Å². The third kappa shape index (κ3) is 3.27. The summed E-state index contributed by atoms with van der Waals surface area (Å²) in [5.41, 5.74) is 1.73. The number of fused-ring (bicyclic) bond motifs is 1. The van der Waals surface area contributed by atoms with E-state index in [1.54, 1.807) is 18.2 Å². The zero-order valence-corrected chi connectivity index (χ0v) is 18.5. The minimum Gasteiger partial charge on any atom is -0.496 e. The van der Waals surface area contributed by atoms with Gasteiger partial charge in [0.2, 0.25) is 5.91 Å². The normalized spacial score (nSPS) is 22.4. The monoisotopic (exact) mass is 496 g/mol. The van der Waals surface area contributed by atoms with E-state index in [1.807, 2.05) is 42.5 Å². The Bertz CT molecular complexity index is 1190. The molecule has 0 saturated carbocycles. The van der Waals surface area contributed by atoms with Crippen LogP contribution in [0.5, 0.6) is 5.75 Å². The Kier molecular flexibility index (Phi) is 5.19. The summed E-state index contributed by atoms with van der Waals surface area (Å²) in [6.07, 6.45) is -1.01. The average molecular weight is 497 g/mol. The second-order valence-electron chi connectivity index (χ2n) is 7.53. The lowest BCUT2D eigenvalue weighted by atomic mass is 9.90. The topological polar surface area (TPSA) is 59.1 Å². The van der Waals surface area contributed by atoms with Crippen LogP contribution in [0.25, 0.3) is 0 Å². The minimum absolute atomic E-state index is 0.311. The van der Waals surface area contributed by atoms with Crippen LogP contribution in [0, 0.1) is 11.7 Å². The van der Waals surface area contributed by atoms with Gasteiger partial charge in [0.05, 0.1) is 24.5 Å². The number of imide groups is 1. The number of methoxy groups -OCH3 is 1. The lowest BCUT2D eigenvalue weighted by Crippen LogP contribution is -2.37. The second kappa shape index (κ2) is 8.03. The molecule has 3 aromatic carbocycles. The highest BCUT2D eigenvalue weighted by Gasteiger charge is 2.60. The first-order chi connectivity index (χ1) is 15.5. The van der Waals surface area contributed by atoms with Crippen molar-refractivity contribution in [3.05, 3.63) is 88.6 Å². The van der Waals surface area contributed by atoms with Crippen molar-refractivity contribution in [2.45, 2.75) is 12.1 Å². The van der Waals surface area contributed by atoms with Gasteiger partial charge in [0, 0.05) is 10.0 Å². The Morgan fingerprint density at radius 3 is 2.34 bits per heavy atom. The van der Waals surface area contributed by atoms with Gasteiger partial charge in [-0.05, 0) is 54.6 Å². The fourth-order valence-electron chi connectivity index (χ4n) is 4.31. The van der Waals surface area contributed by atoms with Gasteiger partial charge in [0.1, 0.15) is 17.5 Å². The van der Waals surface area contributed by atoms with Crippen molar-refractivity contribution in [2.24, 2.45) is 5.92 Å². The molecule has 32 heavy (non-hydrogen) atoms. The van der Waals surface area contributed by atoms with Crippen molar-refractivity contribution in [1.82, 2.24) is 0 Å². The molecule has 0 bridgehead atoms. The SMILES string of the molecule is COc1ccc(Br)cc1[C@@H]1[C@H]2C(=O)N(c3ccc(F)cc3)C(=O)[C@H]2ON1c1ccccc1. The molecule has 0 aliphatic carbocycles. The number of hydrogen-bond donors (Lipinski definition) is 0. The highest BCUT2D eigenvalue weighted by atomic mass is 79.9. The van der Waals surface area contributed by atoms with Crippen LogP contribution < -0.4 is 14.7 Å².